The highest BCUT2D eigenvalue weighted by Crippen LogP contribution is 2.05. The molecule has 0 heterocycles. The summed E-state index contributed by atoms with van der Waals surface area (Å²) < 4.78 is 19.3. The minimum atomic E-state index is -0.525. The van der Waals surface area contributed by atoms with Crippen LogP contribution in [0.3, 0.4) is 0 Å². The molecule has 0 unspecified atom stereocenters. The number of hydrogen-bond donors (Lipinski definition) is 1. The summed E-state index contributed by atoms with van der Waals surface area (Å²) in [5.41, 5.74) is 5.22. The van der Waals surface area contributed by atoms with Crippen LogP contribution in [0.4, 0.5) is 10.1 Å². The van der Waals surface area contributed by atoms with Crippen LogP contribution in [0, 0.1) is 5.82 Å². The highest BCUT2D eigenvalue weighted by Gasteiger charge is 1.89. The SMILES string of the molecule is [1H]c1ccc(N)c(F)c1. The van der Waals surface area contributed by atoms with Crippen molar-refractivity contribution in [1.82, 2.24) is 0 Å². The van der Waals surface area contributed by atoms with Crippen molar-refractivity contribution in [3.63, 3.8) is 0 Å². The highest BCUT2D eigenvalue weighted by atomic mass is 19.1. The Balaban J connectivity index is 3.17. The van der Waals surface area contributed by atoms with Gasteiger partial charge in [-0.25, -0.2) is 4.39 Å². The molecule has 0 spiro atoms. The Hall–Kier alpha value is -1.05. The smallest absolute Gasteiger partial charge is 0.146 e. The second kappa shape index (κ2) is 1.82. The van der Waals surface area contributed by atoms with E-state index in [4.69, 9.17) is 7.10 Å². The third-order valence-electron chi connectivity index (χ3n) is 0.845. The van der Waals surface area contributed by atoms with Gasteiger partial charge in [-0.2, -0.15) is 0 Å². The molecule has 1 aromatic carbocycles. The first-order valence-electron chi connectivity index (χ1n) is 2.72. The topological polar surface area (TPSA) is 26.0 Å². The quantitative estimate of drug-likeness (QED) is 0.503. The molecule has 1 rings (SSSR count). The minimum Gasteiger partial charge on any atom is -0.396 e. The summed E-state index contributed by atoms with van der Waals surface area (Å²) in [6, 6.07) is 4.03. The Morgan fingerprint density at radius 2 is 2.38 bits per heavy atom. The minimum absolute atomic E-state index is 0.0889. The van der Waals surface area contributed by atoms with Crippen molar-refractivity contribution >= 4 is 5.69 Å². The van der Waals surface area contributed by atoms with Crippen molar-refractivity contribution in [1.29, 1.82) is 0 Å². The number of nitrogens with two attached hydrogens (primary N) is 1. The van der Waals surface area contributed by atoms with Gasteiger partial charge in [0.25, 0.3) is 0 Å². The van der Waals surface area contributed by atoms with Crippen LogP contribution in [0.2, 0.25) is 0 Å². The molecule has 0 amide bonds. The molecule has 0 radical (unpaired) electrons. The second-order valence-corrected chi connectivity index (χ2v) is 1.45. The monoisotopic (exact) mass is 111 g/mol. The van der Waals surface area contributed by atoms with Crippen LogP contribution in [0.5, 0.6) is 0 Å². The van der Waals surface area contributed by atoms with E-state index < -0.39 is 5.82 Å². The predicted molar refractivity (Wildman–Crippen MR) is 30.8 cm³/mol. The molecule has 0 aliphatic heterocycles. The third-order valence-corrected chi connectivity index (χ3v) is 0.845. The zero-order valence-electron chi connectivity index (χ0n) is 5.19. The molecule has 0 saturated heterocycles. The van der Waals surface area contributed by atoms with Crippen LogP contribution in [-0.2, 0) is 0 Å². The number of benzene rings is 1. The number of nitrogen functional groups attached to an aromatic ring is 1. The Labute approximate surface area is 48.3 Å². The van der Waals surface area contributed by atoms with E-state index >= 15 is 0 Å². The summed E-state index contributed by atoms with van der Waals surface area (Å²) in [4.78, 5) is 0. The molecule has 0 aliphatic rings. The van der Waals surface area contributed by atoms with Gasteiger partial charge < -0.3 is 5.73 Å². The van der Waals surface area contributed by atoms with Gasteiger partial charge in [0, 0.05) is 0 Å². The fourth-order valence-electron chi connectivity index (χ4n) is 0.422. The Morgan fingerprint density at radius 3 is 2.88 bits per heavy atom. The van der Waals surface area contributed by atoms with E-state index in [2.05, 4.69) is 0 Å². The number of anilines is 1. The van der Waals surface area contributed by atoms with Gasteiger partial charge >= 0.3 is 0 Å². The number of hydrogen-bond acceptors (Lipinski definition) is 1. The largest absolute Gasteiger partial charge is 0.396 e. The molecule has 0 saturated carbocycles. The zero-order valence-corrected chi connectivity index (χ0v) is 4.19. The lowest BCUT2D eigenvalue weighted by atomic mass is 10.3. The average molecular weight is 111 g/mol. The van der Waals surface area contributed by atoms with Gasteiger partial charge in [0.1, 0.15) is 5.82 Å². The van der Waals surface area contributed by atoms with E-state index in [0.717, 1.165) is 6.07 Å². The number of para-hydroxylation sites is 1. The zero-order chi connectivity index (χ0) is 6.85. The molecule has 2 heteroatoms. The maximum atomic E-state index is 12.3. The predicted octanol–water partition coefficient (Wildman–Crippen LogP) is 1.41. The fraction of sp³-hybridized carbons (Fsp3) is 0. The Bertz CT molecular complexity index is 224. The molecule has 42 valence electrons. The summed E-state index contributed by atoms with van der Waals surface area (Å²) in [7, 11) is 0. The molecule has 0 aliphatic carbocycles. The lowest BCUT2D eigenvalue weighted by Crippen LogP contribution is -1.86. The van der Waals surface area contributed by atoms with Crippen molar-refractivity contribution in [2.45, 2.75) is 0 Å². The molecule has 2 N–H and O–H groups in total. The standard InChI is InChI=1S/C6H6FN/c7-5-3-1-2-4-6(5)8/h1-4H,8H2/i1H. The van der Waals surface area contributed by atoms with Crippen molar-refractivity contribution in [2.75, 3.05) is 5.73 Å². The Morgan fingerprint density at radius 1 is 1.62 bits per heavy atom. The molecular weight excluding hydrogens is 105 g/mol. The summed E-state index contributed by atoms with van der Waals surface area (Å²) in [5.74, 6) is -0.525. The van der Waals surface area contributed by atoms with Crippen LogP contribution in [0.1, 0.15) is 1.37 Å². The van der Waals surface area contributed by atoms with E-state index in [0.29, 0.717) is 0 Å². The van der Waals surface area contributed by atoms with Crippen LogP contribution < -0.4 is 5.73 Å². The van der Waals surface area contributed by atoms with Crippen molar-refractivity contribution in [3.05, 3.63) is 30.1 Å². The van der Waals surface area contributed by atoms with Gasteiger partial charge in [-0.05, 0) is 12.1 Å². The normalized spacial score (nSPS) is 10.9. The molecule has 1 aromatic rings. The molecule has 0 atom stereocenters. The fourth-order valence-corrected chi connectivity index (χ4v) is 0.422. The summed E-state index contributed by atoms with van der Waals surface area (Å²) in [6.45, 7) is 0. The van der Waals surface area contributed by atoms with E-state index in [-0.39, 0.29) is 11.7 Å². The van der Waals surface area contributed by atoms with E-state index in [1.807, 2.05) is 0 Å². The van der Waals surface area contributed by atoms with Crippen LogP contribution in [0.15, 0.2) is 24.2 Å². The van der Waals surface area contributed by atoms with Gasteiger partial charge in [-0.3, -0.25) is 0 Å². The molecule has 8 heavy (non-hydrogen) atoms. The van der Waals surface area contributed by atoms with Crippen molar-refractivity contribution < 1.29 is 5.76 Å². The van der Waals surface area contributed by atoms with E-state index in [1.54, 1.807) is 0 Å². The number of halogens is 1. The summed E-state index contributed by atoms with van der Waals surface area (Å²) >= 11 is 0. The highest BCUT2D eigenvalue weighted by molar-refractivity contribution is 5.38. The van der Waals surface area contributed by atoms with Crippen molar-refractivity contribution in [3.8, 4) is 0 Å². The molecule has 0 fully saturated rings. The van der Waals surface area contributed by atoms with E-state index in [1.165, 1.54) is 12.1 Å². The average Bonchev–Trinajstić information content (AvgIpc) is 1.80. The molecule has 1 nitrogen and oxygen atoms in total. The third kappa shape index (κ3) is 0.780. The molecule has 0 aromatic heterocycles. The lowest BCUT2D eigenvalue weighted by Gasteiger charge is -1.89. The van der Waals surface area contributed by atoms with E-state index in [9.17, 15) is 4.39 Å². The molecule has 0 bridgehead atoms. The summed E-state index contributed by atoms with van der Waals surface area (Å²) in [6.07, 6.45) is 0. The first kappa shape index (κ1) is 3.89. The lowest BCUT2D eigenvalue weighted by molar-refractivity contribution is 0.632. The van der Waals surface area contributed by atoms with Crippen LogP contribution in [0.25, 0.3) is 0 Å². The van der Waals surface area contributed by atoms with Crippen LogP contribution >= 0.6 is 0 Å². The number of rotatable bonds is 0. The molecular formula is C6H6FN. The van der Waals surface area contributed by atoms with Gasteiger partial charge in [0.05, 0.1) is 7.06 Å². The first-order valence-corrected chi connectivity index (χ1v) is 2.22. The van der Waals surface area contributed by atoms with Gasteiger partial charge in [0.15, 0.2) is 0 Å². The van der Waals surface area contributed by atoms with Gasteiger partial charge in [-0.15, -0.1) is 0 Å². The maximum Gasteiger partial charge on any atom is 0.146 e. The maximum absolute atomic E-state index is 12.3. The Kier molecular flexibility index (Phi) is 0.886. The summed E-state index contributed by atoms with van der Waals surface area (Å²) in [5, 5.41) is 0. The van der Waals surface area contributed by atoms with Crippen molar-refractivity contribution in [2.24, 2.45) is 0 Å². The first-order chi connectivity index (χ1) is 4.20. The van der Waals surface area contributed by atoms with Gasteiger partial charge in [0.2, 0.25) is 0 Å². The second-order valence-electron chi connectivity index (χ2n) is 1.45. The van der Waals surface area contributed by atoms with Crippen LogP contribution in [-0.4, -0.2) is 0 Å². The van der Waals surface area contributed by atoms with Gasteiger partial charge in [-0.1, -0.05) is 12.1 Å².